The number of nitrogens with one attached hydrogen (secondary N) is 1. The summed E-state index contributed by atoms with van der Waals surface area (Å²) in [4.78, 5) is 27.5. The van der Waals surface area contributed by atoms with E-state index in [9.17, 15) is 9.59 Å². The quantitative estimate of drug-likeness (QED) is 0.638. The van der Waals surface area contributed by atoms with Crippen LogP contribution in [-0.4, -0.2) is 29.3 Å². The van der Waals surface area contributed by atoms with Gasteiger partial charge < -0.3 is 9.47 Å². The standard InChI is InChI=1S/C13H16Cl2N2O4S/c1-5-20-10(18)8(9(14)15)7-6-22-11(16-7)17-12(19)21-13(2,3)4/h6H,5H2,1-4H3,(H,16,17,19). The highest BCUT2D eigenvalue weighted by atomic mass is 35.5. The van der Waals surface area contributed by atoms with Crippen LogP contribution in [0.25, 0.3) is 5.57 Å². The van der Waals surface area contributed by atoms with Gasteiger partial charge in [0, 0.05) is 5.38 Å². The maximum absolute atomic E-state index is 11.8. The molecule has 1 aromatic rings. The second-order valence-corrected chi connectivity index (χ2v) is 6.83. The van der Waals surface area contributed by atoms with Gasteiger partial charge in [-0.15, -0.1) is 11.3 Å². The molecule has 0 radical (unpaired) electrons. The third-order valence-electron chi connectivity index (χ3n) is 2.04. The molecule has 0 spiro atoms. The molecule has 1 N–H and O–H groups in total. The van der Waals surface area contributed by atoms with Gasteiger partial charge in [-0.05, 0) is 27.7 Å². The monoisotopic (exact) mass is 366 g/mol. The predicted molar refractivity (Wildman–Crippen MR) is 87.2 cm³/mol. The fourth-order valence-corrected chi connectivity index (χ4v) is 2.35. The van der Waals surface area contributed by atoms with Gasteiger partial charge in [-0.25, -0.2) is 14.6 Å². The molecule has 0 aliphatic heterocycles. The van der Waals surface area contributed by atoms with Crippen molar-refractivity contribution in [3.8, 4) is 0 Å². The number of halogens is 2. The van der Waals surface area contributed by atoms with E-state index in [1.165, 1.54) is 5.38 Å². The van der Waals surface area contributed by atoms with E-state index in [4.69, 9.17) is 32.7 Å². The number of hydrogen-bond donors (Lipinski definition) is 1. The summed E-state index contributed by atoms with van der Waals surface area (Å²) in [6, 6.07) is 0. The van der Waals surface area contributed by atoms with Crippen LogP contribution in [-0.2, 0) is 14.3 Å². The van der Waals surface area contributed by atoms with Crippen molar-refractivity contribution >= 4 is 57.3 Å². The lowest BCUT2D eigenvalue weighted by molar-refractivity contribution is -0.136. The SMILES string of the molecule is CCOC(=O)C(=C(Cl)Cl)c1csc(NC(=O)OC(C)(C)C)n1. The lowest BCUT2D eigenvalue weighted by Gasteiger charge is -2.18. The Morgan fingerprint density at radius 3 is 2.50 bits per heavy atom. The summed E-state index contributed by atoms with van der Waals surface area (Å²) < 4.78 is 9.71. The van der Waals surface area contributed by atoms with Crippen LogP contribution < -0.4 is 5.32 Å². The first-order chi connectivity index (χ1) is 10.1. The second-order valence-electron chi connectivity index (χ2n) is 5.02. The number of carbonyl (C=O) groups excluding carboxylic acids is 2. The summed E-state index contributed by atoms with van der Waals surface area (Å²) in [6.45, 7) is 7.07. The van der Waals surface area contributed by atoms with Crippen LogP contribution in [0.3, 0.4) is 0 Å². The first-order valence-electron chi connectivity index (χ1n) is 6.32. The number of aromatic nitrogens is 1. The molecule has 6 nitrogen and oxygen atoms in total. The molecule has 1 heterocycles. The molecule has 0 saturated carbocycles. The highest BCUT2D eigenvalue weighted by molar-refractivity contribution is 7.14. The van der Waals surface area contributed by atoms with Gasteiger partial charge >= 0.3 is 12.1 Å². The summed E-state index contributed by atoms with van der Waals surface area (Å²) in [6.07, 6.45) is -0.646. The minimum absolute atomic E-state index is 0.0568. The van der Waals surface area contributed by atoms with Gasteiger partial charge in [-0.3, -0.25) is 5.32 Å². The average Bonchev–Trinajstić information content (AvgIpc) is 2.74. The fraction of sp³-hybridized carbons (Fsp3) is 0.462. The minimum Gasteiger partial charge on any atom is -0.462 e. The molecule has 0 fully saturated rings. The first kappa shape index (κ1) is 18.7. The number of thiazole rings is 1. The molecule has 1 amide bonds. The molecule has 1 aromatic heterocycles. The zero-order valence-electron chi connectivity index (χ0n) is 12.5. The van der Waals surface area contributed by atoms with Crippen LogP contribution >= 0.6 is 34.5 Å². The van der Waals surface area contributed by atoms with Crippen molar-refractivity contribution in [1.82, 2.24) is 4.98 Å². The molecule has 9 heteroatoms. The van der Waals surface area contributed by atoms with E-state index < -0.39 is 17.7 Å². The van der Waals surface area contributed by atoms with Crippen LogP contribution in [0.1, 0.15) is 33.4 Å². The van der Waals surface area contributed by atoms with Crippen molar-refractivity contribution in [2.75, 3.05) is 11.9 Å². The van der Waals surface area contributed by atoms with Crippen molar-refractivity contribution in [2.45, 2.75) is 33.3 Å². The summed E-state index contributed by atoms with van der Waals surface area (Å²) >= 11 is 12.5. The maximum Gasteiger partial charge on any atom is 0.413 e. The normalized spacial score (nSPS) is 10.8. The van der Waals surface area contributed by atoms with Crippen LogP contribution in [0.15, 0.2) is 9.87 Å². The van der Waals surface area contributed by atoms with Crippen molar-refractivity contribution in [2.24, 2.45) is 0 Å². The van der Waals surface area contributed by atoms with E-state index in [1.807, 2.05) is 0 Å². The predicted octanol–water partition coefficient (Wildman–Crippen LogP) is 4.20. The molecule has 22 heavy (non-hydrogen) atoms. The topological polar surface area (TPSA) is 77.5 Å². The van der Waals surface area contributed by atoms with Gasteiger partial charge in [0.1, 0.15) is 15.7 Å². The zero-order chi connectivity index (χ0) is 16.9. The summed E-state index contributed by atoms with van der Waals surface area (Å²) in [7, 11) is 0. The molecule has 0 aliphatic carbocycles. The fourth-order valence-electron chi connectivity index (χ4n) is 1.32. The number of carbonyl (C=O) groups is 2. The van der Waals surface area contributed by atoms with Gasteiger partial charge in [-0.1, -0.05) is 23.2 Å². The molecule has 122 valence electrons. The van der Waals surface area contributed by atoms with Gasteiger partial charge in [0.15, 0.2) is 5.13 Å². The molecule has 0 aromatic carbocycles. The molecular weight excluding hydrogens is 351 g/mol. The van der Waals surface area contributed by atoms with E-state index in [1.54, 1.807) is 27.7 Å². The van der Waals surface area contributed by atoms with Crippen molar-refractivity contribution < 1.29 is 19.1 Å². The Labute approximate surface area is 142 Å². The Hall–Kier alpha value is -1.31. The molecule has 0 aliphatic rings. The smallest absolute Gasteiger partial charge is 0.413 e. The number of esters is 1. The Bertz CT molecular complexity index is 589. The molecule has 0 atom stereocenters. The van der Waals surface area contributed by atoms with E-state index in [0.717, 1.165) is 11.3 Å². The third kappa shape index (κ3) is 5.82. The van der Waals surface area contributed by atoms with Crippen LogP contribution in [0.5, 0.6) is 0 Å². The molecule has 0 saturated heterocycles. The van der Waals surface area contributed by atoms with Crippen molar-refractivity contribution in [1.29, 1.82) is 0 Å². The van der Waals surface area contributed by atoms with E-state index >= 15 is 0 Å². The number of rotatable bonds is 4. The number of anilines is 1. The van der Waals surface area contributed by atoms with Crippen molar-refractivity contribution in [3.05, 3.63) is 15.6 Å². The van der Waals surface area contributed by atoms with E-state index in [2.05, 4.69) is 10.3 Å². The second kappa shape index (κ2) is 7.80. The zero-order valence-corrected chi connectivity index (χ0v) is 14.9. The number of nitrogens with zero attached hydrogens (tertiary/aromatic N) is 1. The van der Waals surface area contributed by atoms with Crippen LogP contribution in [0, 0.1) is 0 Å². The van der Waals surface area contributed by atoms with Gasteiger partial charge in [0.2, 0.25) is 0 Å². The molecular formula is C13H16Cl2N2O4S. The minimum atomic E-state index is -0.684. The van der Waals surface area contributed by atoms with Gasteiger partial charge in [-0.2, -0.15) is 0 Å². The van der Waals surface area contributed by atoms with Crippen LogP contribution in [0.4, 0.5) is 9.93 Å². The third-order valence-corrected chi connectivity index (χ3v) is 3.17. The lowest BCUT2D eigenvalue weighted by atomic mass is 10.2. The van der Waals surface area contributed by atoms with Gasteiger partial charge in [0.05, 0.1) is 12.3 Å². The van der Waals surface area contributed by atoms with E-state index in [0.29, 0.717) is 0 Å². The Morgan fingerprint density at radius 1 is 1.36 bits per heavy atom. The van der Waals surface area contributed by atoms with Gasteiger partial charge in [0.25, 0.3) is 0 Å². The first-order valence-corrected chi connectivity index (χ1v) is 7.96. The van der Waals surface area contributed by atoms with Crippen molar-refractivity contribution in [3.63, 3.8) is 0 Å². The number of ether oxygens (including phenoxy) is 2. The average molecular weight is 367 g/mol. The van der Waals surface area contributed by atoms with E-state index in [-0.39, 0.29) is 27.5 Å². The molecule has 1 rings (SSSR count). The summed E-state index contributed by atoms with van der Waals surface area (Å²) in [5.74, 6) is -0.684. The Kier molecular flexibility index (Phi) is 6.65. The molecule has 0 unspecified atom stereocenters. The highest BCUT2D eigenvalue weighted by Crippen LogP contribution is 2.28. The largest absolute Gasteiger partial charge is 0.462 e. The number of amides is 1. The summed E-state index contributed by atoms with van der Waals surface area (Å²) in [5.41, 5.74) is -0.465. The Balaban J connectivity index is 2.89. The lowest BCUT2D eigenvalue weighted by Crippen LogP contribution is -2.27. The maximum atomic E-state index is 11.8. The Morgan fingerprint density at radius 2 is 2.00 bits per heavy atom. The number of hydrogen-bond acceptors (Lipinski definition) is 6. The van der Waals surface area contributed by atoms with Crippen LogP contribution in [0.2, 0.25) is 0 Å². The molecule has 0 bridgehead atoms. The summed E-state index contributed by atoms with van der Waals surface area (Å²) in [5, 5.41) is 4.25. The highest BCUT2D eigenvalue weighted by Gasteiger charge is 2.22.